The van der Waals surface area contributed by atoms with E-state index >= 15 is 0 Å². The van der Waals surface area contributed by atoms with Crippen molar-refractivity contribution in [2.24, 2.45) is 0 Å². The Kier molecular flexibility index (Phi) is 5.34. The summed E-state index contributed by atoms with van der Waals surface area (Å²) in [6, 6.07) is 0. The Hall–Kier alpha value is -0.210. The molecule has 0 aliphatic carbocycles. The third-order valence-electron chi connectivity index (χ3n) is 1.75. The van der Waals surface area contributed by atoms with Gasteiger partial charge in [0.05, 0.1) is 25.4 Å². The van der Waals surface area contributed by atoms with Crippen molar-refractivity contribution in [1.82, 2.24) is 0 Å². The molecule has 0 aromatic carbocycles. The lowest BCUT2D eigenvalue weighted by Gasteiger charge is -2.22. The monoisotopic (exact) mass is 256 g/mol. The van der Waals surface area contributed by atoms with Gasteiger partial charge in [-0.2, -0.15) is 8.42 Å². The fourth-order valence-corrected chi connectivity index (χ4v) is 0.975. The van der Waals surface area contributed by atoms with Gasteiger partial charge in [0.1, 0.15) is 0 Å². The van der Waals surface area contributed by atoms with Gasteiger partial charge in [-0.25, -0.2) is 0 Å². The fourth-order valence-electron chi connectivity index (χ4n) is 0.743. The van der Waals surface area contributed by atoms with Gasteiger partial charge >= 0.3 is 0 Å². The molecular weight excluding hydrogens is 236 g/mol. The van der Waals surface area contributed by atoms with Crippen LogP contribution in [0.3, 0.4) is 0 Å². The van der Waals surface area contributed by atoms with Crippen LogP contribution in [0.25, 0.3) is 0 Å². The first-order valence-electron chi connectivity index (χ1n) is 4.87. The zero-order valence-corrected chi connectivity index (χ0v) is 10.9. The second kappa shape index (κ2) is 5.42. The first kappa shape index (κ1) is 15.8. The topological polar surface area (TPSA) is 93.1 Å². The fraction of sp³-hybridized carbons (Fsp3) is 1.00. The predicted molar refractivity (Wildman–Crippen MR) is 58.7 cm³/mol. The first-order chi connectivity index (χ1) is 6.96. The van der Waals surface area contributed by atoms with E-state index in [1.165, 1.54) is 13.8 Å². The SMILES string of the molecule is CC(C)(O)COCCOC(C)(C)S(=O)(=O)O. The summed E-state index contributed by atoms with van der Waals surface area (Å²) in [5.74, 6) is 0. The number of hydrogen-bond donors (Lipinski definition) is 2. The van der Waals surface area contributed by atoms with Crippen LogP contribution in [0.5, 0.6) is 0 Å². The Labute approximate surface area is 96.3 Å². The van der Waals surface area contributed by atoms with Crippen LogP contribution < -0.4 is 0 Å². The quantitative estimate of drug-likeness (QED) is 0.506. The number of rotatable bonds is 7. The lowest BCUT2D eigenvalue weighted by Crippen LogP contribution is -2.36. The molecule has 0 unspecified atom stereocenters. The molecule has 0 saturated heterocycles. The summed E-state index contributed by atoms with van der Waals surface area (Å²) >= 11 is 0. The summed E-state index contributed by atoms with van der Waals surface area (Å²) in [5.41, 5.74) is -0.932. The predicted octanol–water partition coefficient (Wildman–Crippen LogP) is 0.414. The summed E-state index contributed by atoms with van der Waals surface area (Å²) in [4.78, 5) is -1.65. The highest BCUT2D eigenvalue weighted by Crippen LogP contribution is 2.15. The lowest BCUT2D eigenvalue weighted by atomic mass is 10.2. The van der Waals surface area contributed by atoms with Crippen molar-refractivity contribution in [2.75, 3.05) is 19.8 Å². The standard InChI is InChI=1S/C9H20O6S/c1-8(2,10)7-14-5-6-15-9(3,4)16(11,12)13/h10H,5-7H2,1-4H3,(H,11,12,13). The molecule has 0 fully saturated rings. The van der Waals surface area contributed by atoms with E-state index in [9.17, 15) is 13.5 Å². The molecule has 0 atom stereocenters. The molecule has 7 heteroatoms. The molecule has 0 heterocycles. The minimum absolute atomic E-state index is 0.0167. The maximum atomic E-state index is 10.8. The van der Waals surface area contributed by atoms with E-state index in [1.54, 1.807) is 13.8 Å². The summed E-state index contributed by atoms with van der Waals surface area (Å²) in [5, 5.41) is 9.30. The highest BCUT2D eigenvalue weighted by Gasteiger charge is 2.33. The van der Waals surface area contributed by atoms with Gasteiger partial charge < -0.3 is 14.6 Å². The van der Waals surface area contributed by atoms with Crippen LogP contribution in [0.4, 0.5) is 0 Å². The zero-order chi connectivity index (χ0) is 13.0. The Balaban J connectivity index is 3.84. The molecule has 98 valence electrons. The van der Waals surface area contributed by atoms with Gasteiger partial charge in [0.25, 0.3) is 10.1 Å². The lowest BCUT2D eigenvalue weighted by molar-refractivity contribution is -0.0517. The van der Waals surface area contributed by atoms with Crippen molar-refractivity contribution < 1.29 is 27.6 Å². The van der Waals surface area contributed by atoms with Crippen LogP contribution in [0.15, 0.2) is 0 Å². The molecule has 16 heavy (non-hydrogen) atoms. The minimum atomic E-state index is -4.25. The van der Waals surface area contributed by atoms with E-state index in [4.69, 9.17) is 14.0 Å². The second-order valence-corrected chi connectivity index (χ2v) is 6.52. The molecule has 6 nitrogen and oxygen atoms in total. The maximum Gasteiger partial charge on any atom is 0.294 e. The molecule has 0 amide bonds. The molecule has 2 N–H and O–H groups in total. The van der Waals surface area contributed by atoms with E-state index in [0.29, 0.717) is 0 Å². The Bertz CT molecular complexity index is 300. The second-order valence-electron chi connectivity index (χ2n) is 4.59. The van der Waals surface area contributed by atoms with Crippen molar-refractivity contribution in [2.45, 2.75) is 38.2 Å². The van der Waals surface area contributed by atoms with Gasteiger partial charge in [0.2, 0.25) is 0 Å². The van der Waals surface area contributed by atoms with E-state index in [2.05, 4.69) is 0 Å². The average Bonchev–Trinajstić information content (AvgIpc) is 1.98. The Morgan fingerprint density at radius 2 is 1.62 bits per heavy atom. The molecule has 0 bridgehead atoms. The van der Waals surface area contributed by atoms with E-state index in [0.717, 1.165) is 0 Å². The summed E-state index contributed by atoms with van der Waals surface area (Å²) in [6.07, 6.45) is 0. The molecule has 0 rings (SSSR count). The van der Waals surface area contributed by atoms with Crippen LogP contribution in [0, 0.1) is 0 Å². The highest BCUT2D eigenvalue weighted by molar-refractivity contribution is 7.87. The van der Waals surface area contributed by atoms with Crippen molar-refractivity contribution in [3.05, 3.63) is 0 Å². The zero-order valence-electron chi connectivity index (χ0n) is 10.1. The van der Waals surface area contributed by atoms with Crippen LogP contribution >= 0.6 is 0 Å². The molecular formula is C9H20O6S. The summed E-state index contributed by atoms with van der Waals surface area (Å²) in [6.45, 7) is 5.97. The van der Waals surface area contributed by atoms with Crippen LogP contribution in [-0.2, 0) is 19.6 Å². The van der Waals surface area contributed by atoms with Gasteiger partial charge in [-0.1, -0.05) is 0 Å². The molecule has 0 aromatic heterocycles. The highest BCUT2D eigenvalue weighted by atomic mass is 32.2. The maximum absolute atomic E-state index is 10.8. The van der Waals surface area contributed by atoms with Gasteiger partial charge in [-0.05, 0) is 27.7 Å². The minimum Gasteiger partial charge on any atom is -0.388 e. The third-order valence-corrected chi connectivity index (χ3v) is 3.11. The van der Waals surface area contributed by atoms with Gasteiger partial charge in [0, 0.05) is 0 Å². The van der Waals surface area contributed by atoms with Crippen LogP contribution in [0.2, 0.25) is 0 Å². The smallest absolute Gasteiger partial charge is 0.294 e. The molecule has 0 saturated carbocycles. The number of ether oxygens (including phenoxy) is 2. The Morgan fingerprint density at radius 3 is 2.00 bits per heavy atom. The van der Waals surface area contributed by atoms with E-state index < -0.39 is 20.7 Å². The van der Waals surface area contributed by atoms with Gasteiger partial charge in [-0.3, -0.25) is 4.55 Å². The van der Waals surface area contributed by atoms with Crippen molar-refractivity contribution in [1.29, 1.82) is 0 Å². The molecule has 0 aromatic rings. The van der Waals surface area contributed by atoms with Gasteiger partial charge in [-0.15, -0.1) is 0 Å². The van der Waals surface area contributed by atoms with E-state index in [-0.39, 0.29) is 19.8 Å². The molecule has 0 spiro atoms. The van der Waals surface area contributed by atoms with Crippen LogP contribution in [-0.4, -0.2) is 48.4 Å². The normalized spacial score (nSPS) is 14.1. The summed E-state index contributed by atoms with van der Waals surface area (Å²) < 4.78 is 40.5. The van der Waals surface area contributed by atoms with Crippen LogP contribution in [0.1, 0.15) is 27.7 Å². The molecule has 0 aliphatic rings. The molecule has 0 aliphatic heterocycles. The Morgan fingerprint density at radius 1 is 1.12 bits per heavy atom. The number of hydrogen-bond acceptors (Lipinski definition) is 5. The van der Waals surface area contributed by atoms with Gasteiger partial charge in [0.15, 0.2) is 4.93 Å². The van der Waals surface area contributed by atoms with Crippen molar-refractivity contribution in [3.8, 4) is 0 Å². The largest absolute Gasteiger partial charge is 0.388 e. The van der Waals surface area contributed by atoms with E-state index in [1.807, 2.05) is 0 Å². The molecule has 0 radical (unpaired) electrons. The van der Waals surface area contributed by atoms with Crippen molar-refractivity contribution in [3.63, 3.8) is 0 Å². The summed E-state index contributed by atoms with van der Waals surface area (Å²) in [7, 11) is -4.25. The number of aliphatic hydroxyl groups is 1. The third kappa shape index (κ3) is 6.39. The van der Waals surface area contributed by atoms with Crippen molar-refractivity contribution >= 4 is 10.1 Å². The average molecular weight is 256 g/mol. The first-order valence-corrected chi connectivity index (χ1v) is 6.31.